The van der Waals surface area contributed by atoms with Crippen molar-refractivity contribution in [1.29, 1.82) is 0 Å². The maximum Gasteiger partial charge on any atom is 0.407 e. The van der Waals surface area contributed by atoms with E-state index in [0.29, 0.717) is 29.2 Å². The number of piperidine rings is 1. The van der Waals surface area contributed by atoms with E-state index >= 15 is 0 Å². The van der Waals surface area contributed by atoms with E-state index in [2.05, 4.69) is 0 Å². The molecule has 2 aliphatic rings. The van der Waals surface area contributed by atoms with Gasteiger partial charge in [-0.25, -0.2) is 4.79 Å². The Bertz CT molecular complexity index is 604. The molecule has 22 heavy (non-hydrogen) atoms. The molecule has 2 heterocycles. The van der Waals surface area contributed by atoms with Gasteiger partial charge in [0.25, 0.3) is 0 Å². The highest BCUT2D eigenvalue weighted by Gasteiger charge is 2.44. The van der Waals surface area contributed by atoms with Crippen LogP contribution in [0.2, 0.25) is 5.02 Å². The van der Waals surface area contributed by atoms with Crippen LogP contribution in [0.3, 0.4) is 0 Å². The molecule has 6 heteroatoms. The molecule has 1 N–H and O–H groups in total. The van der Waals surface area contributed by atoms with Crippen LogP contribution in [-0.2, 0) is 0 Å². The number of ether oxygens (including phenoxy) is 1. The third-order valence-electron chi connectivity index (χ3n) is 4.53. The van der Waals surface area contributed by atoms with Crippen molar-refractivity contribution in [2.24, 2.45) is 0 Å². The molecular formula is C16H18ClNO4. The van der Waals surface area contributed by atoms with E-state index in [0.717, 1.165) is 12.8 Å². The fraction of sp³-hybridized carbons (Fsp3) is 0.500. The minimum absolute atomic E-state index is 0.0194. The molecule has 1 amide bonds. The lowest BCUT2D eigenvalue weighted by molar-refractivity contribution is 0.0495. The predicted molar refractivity (Wildman–Crippen MR) is 81.8 cm³/mol. The molecule has 0 aromatic heterocycles. The third-order valence-corrected chi connectivity index (χ3v) is 4.86. The Hall–Kier alpha value is -1.75. The predicted octanol–water partition coefficient (Wildman–Crippen LogP) is 3.59. The normalized spacial score (nSPS) is 26.8. The number of hydrogen-bond acceptors (Lipinski definition) is 3. The summed E-state index contributed by atoms with van der Waals surface area (Å²) in [6.07, 6.45) is 2.33. The molecule has 2 saturated heterocycles. The van der Waals surface area contributed by atoms with Crippen LogP contribution in [0.15, 0.2) is 18.2 Å². The zero-order valence-electron chi connectivity index (χ0n) is 12.3. The summed E-state index contributed by atoms with van der Waals surface area (Å²) in [4.78, 5) is 24.4. The Morgan fingerprint density at radius 2 is 1.91 bits per heavy atom. The first kappa shape index (κ1) is 15.2. The lowest BCUT2D eigenvalue weighted by atomic mass is 10.00. The van der Waals surface area contributed by atoms with Gasteiger partial charge in [0, 0.05) is 30.5 Å². The smallest absolute Gasteiger partial charge is 0.407 e. The van der Waals surface area contributed by atoms with Crippen LogP contribution in [0.5, 0.6) is 5.75 Å². The van der Waals surface area contributed by atoms with Crippen LogP contribution >= 0.6 is 11.6 Å². The minimum atomic E-state index is -0.837. The maximum absolute atomic E-state index is 11.5. The summed E-state index contributed by atoms with van der Waals surface area (Å²) in [6.45, 7) is 1.47. The molecule has 2 aliphatic heterocycles. The summed E-state index contributed by atoms with van der Waals surface area (Å²) in [5.74, 6) is 0.513. The van der Waals surface area contributed by atoms with Crippen LogP contribution < -0.4 is 4.74 Å². The summed E-state index contributed by atoms with van der Waals surface area (Å²) in [6, 6.07) is 5.16. The number of rotatable bonds is 3. The van der Waals surface area contributed by atoms with Gasteiger partial charge in [-0.1, -0.05) is 11.6 Å². The van der Waals surface area contributed by atoms with E-state index in [-0.39, 0.29) is 24.0 Å². The molecule has 2 bridgehead atoms. The summed E-state index contributed by atoms with van der Waals surface area (Å²) in [7, 11) is 0. The number of hydrogen-bond donors (Lipinski definition) is 1. The topological polar surface area (TPSA) is 66.8 Å². The number of carbonyl (C=O) groups is 2. The number of carbonyl (C=O) groups excluding carboxylic acids is 1. The second-order valence-corrected chi connectivity index (χ2v) is 6.39. The Morgan fingerprint density at radius 1 is 1.27 bits per heavy atom. The fourth-order valence-corrected chi connectivity index (χ4v) is 3.83. The minimum Gasteiger partial charge on any atom is -0.490 e. The van der Waals surface area contributed by atoms with Crippen molar-refractivity contribution in [3.63, 3.8) is 0 Å². The number of fused-ring (bicyclic) bond motifs is 2. The first-order valence-corrected chi connectivity index (χ1v) is 7.82. The first-order valence-electron chi connectivity index (χ1n) is 7.44. The van der Waals surface area contributed by atoms with Crippen molar-refractivity contribution in [3.8, 4) is 5.75 Å². The monoisotopic (exact) mass is 323 g/mol. The van der Waals surface area contributed by atoms with E-state index in [4.69, 9.17) is 16.3 Å². The molecule has 0 radical (unpaired) electrons. The number of halogens is 1. The van der Waals surface area contributed by atoms with Crippen molar-refractivity contribution in [3.05, 3.63) is 28.8 Å². The molecule has 1 aromatic carbocycles. The van der Waals surface area contributed by atoms with E-state index in [1.165, 1.54) is 6.92 Å². The van der Waals surface area contributed by atoms with E-state index in [1.54, 1.807) is 23.1 Å². The van der Waals surface area contributed by atoms with Gasteiger partial charge in [0.2, 0.25) is 0 Å². The van der Waals surface area contributed by atoms with Crippen LogP contribution in [0.1, 0.15) is 43.0 Å². The van der Waals surface area contributed by atoms with Gasteiger partial charge in [-0.05, 0) is 38.0 Å². The standard InChI is InChI=1S/C16H18ClNO4/c1-9(19)14-8-12(4-5-15(14)17)22-13-6-10-2-3-11(7-13)18(10)16(20)21/h4-5,8,10-11,13H,2-3,6-7H2,1H3,(H,20,21). The van der Waals surface area contributed by atoms with Gasteiger partial charge in [0.15, 0.2) is 5.78 Å². The molecule has 2 unspecified atom stereocenters. The van der Waals surface area contributed by atoms with Crippen LogP contribution in [0.25, 0.3) is 0 Å². The Morgan fingerprint density at radius 3 is 2.45 bits per heavy atom. The molecule has 1 aromatic rings. The number of carboxylic acid groups (broad SMARTS) is 1. The van der Waals surface area contributed by atoms with Crippen molar-refractivity contribution in [1.82, 2.24) is 4.90 Å². The highest BCUT2D eigenvalue weighted by atomic mass is 35.5. The number of benzene rings is 1. The Balaban J connectivity index is 1.72. The fourth-order valence-electron chi connectivity index (χ4n) is 3.58. The summed E-state index contributed by atoms with van der Waals surface area (Å²) in [5, 5.41) is 9.67. The van der Waals surface area contributed by atoms with E-state index < -0.39 is 6.09 Å². The van der Waals surface area contributed by atoms with Gasteiger partial charge in [-0.15, -0.1) is 0 Å². The van der Waals surface area contributed by atoms with Crippen LogP contribution in [0.4, 0.5) is 4.79 Å². The average Bonchev–Trinajstić information content (AvgIpc) is 2.73. The molecular weight excluding hydrogens is 306 g/mol. The van der Waals surface area contributed by atoms with Crippen molar-refractivity contribution < 1.29 is 19.4 Å². The molecule has 5 nitrogen and oxygen atoms in total. The molecule has 3 rings (SSSR count). The van der Waals surface area contributed by atoms with Crippen LogP contribution in [0, 0.1) is 0 Å². The maximum atomic E-state index is 11.5. The zero-order chi connectivity index (χ0) is 15.9. The van der Waals surface area contributed by atoms with Crippen molar-refractivity contribution in [2.45, 2.75) is 50.8 Å². The largest absolute Gasteiger partial charge is 0.490 e. The van der Waals surface area contributed by atoms with Gasteiger partial charge >= 0.3 is 6.09 Å². The molecule has 0 aliphatic carbocycles. The average molecular weight is 324 g/mol. The second kappa shape index (κ2) is 5.80. The Kier molecular flexibility index (Phi) is 4.00. The zero-order valence-corrected chi connectivity index (χ0v) is 13.0. The molecule has 2 fully saturated rings. The highest BCUT2D eigenvalue weighted by Crippen LogP contribution is 2.37. The van der Waals surface area contributed by atoms with Gasteiger partial charge in [-0.3, -0.25) is 4.79 Å². The second-order valence-electron chi connectivity index (χ2n) is 5.98. The lowest BCUT2D eigenvalue weighted by Crippen LogP contribution is -2.48. The van der Waals surface area contributed by atoms with E-state index in [1.807, 2.05) is 0 Å². The summed E-state index contributed by atoms with van der Waals surface area (Å²) >= 11 is 6.00. The van der Waals surface area contributed by atoms with Crippen molar-refractivity contribution in [2.75, 3.05) is 0 Å². The number of amides is 1. The third kappa shape index (κ3) is 2.77. The molecule has 0 saturated carbocycles. The van der Waals surface area contributed by atoms with Gasteiger partial charge in [0.1, 0.15) is 11.9 Å². The van der Waals surface area contributed by atoms with E-state index in [9.17, 15) is 14.7 Å². The van der Waals surface area contributed by atoms with Gasteiger partial charge in [0.05, 0.1) is 5.02 Å². The highest BCUT2D eigenvalue weighted by molar-refractivity contribution is 6.33. The number of Topliss-reactive ketones (excluding diaryl/α,β-unsaturated/α-hetero) is 1. The number of ketones is 1. The summed E-state index contributed by atoms with van der Waals surface area (Å²) < 4.78 is 5.98. The SMILES string of the molecule is CC(=O)c1cc(OC2CC3CCC(C2)N3C(=O)O)ccc1Cl. The lowest BCUT2D eigenvalue weighted by Gasteiger charge is -2.37. The quantitative estimate of drug-likeness (QED) is 0.863. The van der Waals surface area contributed by atoms with Crippen molar-refractivity contribution >= 4 is 23.5 Å². The van der Waals surface area contributed by atoms with Gasteiger partial charge < -0.3 is 14.7 Å². The van der Waals surface area contributed by atoms with Gasteiger partial charge in [-0.2, -0.15) is 0 Å². The summed E-state index contributed by atoms with van der Waals surface area (Å²) in [5.41, 5.74) is 0.449. The Labute approximate surface area is 133 Å². The molecule has 118 valence electrons. The number of nitrogens with zero attached hydrogens (tertiary/aromatic N) is 1. The molecule has 0 spiro atoms. The molecule has 2 atom stereocenters. The first-order chi connectivity index (χ1) is 10.5. The van der Waals surface area contributed by atoms with Crippen LogP contribution in [-0.4, -0.2) is 40.1 Å².